The van der Waals surface area contributed by atoms with E-state index in [-0.39, 0.29) is 48.4 Å². The molecule has 3 amide bonds. The van der Waals surface area contributed by atoms with Gasteiger partial charge in [-0.25, -0.2) is 0 Å². The molecule has 0 unspecified atom stereocenters. The largest absolute Gasteiger partial charge is 0.494 e. The third-order valence-electron chi connectivity index (χ3n) is 7.10. The summed E-state index contributed by atoms with van der Waals surface area (Å²) in [5, 5.41) is 0. The van der Waals surface area contributed by atoms with Gasteiger partial charge in [0.15, 0.2) is 0 Å². The van der Waals surface area contributed by atoms with Gasteiger partial charge in [-0.15, -0.1) is 0 Å². The van der Waals surface area contributed by atoms with E-state index in [2.05, 4.69) is 0 Å². The van der Waals surface area contributed by atoms with Crippen LogP contribution in [-0.4, -0.2) is 36.8 Å². The summed E-state index contributed by atoms with van der Waals surface area (Å²) in [6, 6.07) is 13.5. The average Bonchev–Trinajstić information content (AvgIpc) is 3.38. The summed E-state index contributed by atoms with van der Waals surface area (Å²) >= 11 is 0. The first-order chi connectivity index (χ1) is 17.4. The standard InChI is InChI=1S/C28H28N2O6/c1-3-35-21-11-7-19(8-12-21)29-16-18(15-24(29)31)28(34)36-22-13-9-20(10-14-22)30-26(32)23-6-4-5-17(2)25(23)27(30)33/h4-5,7-14,17-18,23,25H,3,6,15-16H2,1-2H3/t17-,18+,23+,25+/m1/s1. The molecule has 4 atom stereocenters. The second-order valence-electron chi connectivity index (χ2n) is 9.41. The Morgan fingerprint density at radius 1 is 0.944 bits per heavy atom. The Hall–Kier alpha value is -3.94. The number of imide groups is 1. The van der Waals surface area contributed by atoms with Gasteiger partial charge in [-0.05, 0) is 67.8 Å². The van der Waals surface area contributed by atoms with Crippen molar-refractivity contribution in [1.29, 1.82) is 0 Å². The number of fused-ring (bicyclic) bond motifs is 1. The number of allylic oxidation sites excluding steroid dienone is 2. The van der Waals surface area contributed by atoms with Gasteiger partial charge in [0.2, 0.25) is 17.7 Å². The number of nitrogens with zero attached hydrogens (tertiary/aromatic N) is 2. The number of benzene rings is 2. The molecule has 1 aliphatic carbocycles. The zero-order valence-electron chi connectivity index (χ0n) is 20.3. The van der Waals surface area contributed by atoms with Crippen molar-refractivity contribution in [3.8, 4) is 11.5 Å². The third kappa shape index (κ3) is 4.27. The fourth-order valence-corrected chi connectivity index (χ4v) is 5.27. The van der Waals surface area contributed by atoms with Crippen molar-refractivity contribution in [3.05, 3.63) is 60.7 Å². The SMILES string of the molecule is CCOc1ccc(N2C[C@@H](C(=O)Oc3ccc(N4C(=O)[C@H]5[C@H](C)C=CC[C@@H]5C4=O)cc3)CC2=O)cc1. The lowest BCUT2D eigenvalue weighted by atomic mass is 9.78. The summed E-state index contributed by atoms with van der Waals surface area (Å²) in [4.78, 5) is 54.0. The molecule has 0 bridgehead atoms. The first kappa shape index (κ1) is 23.8. The quantitative estimate of drug-likeness (QED) is 0.266. The average molecular weight is 489 g/mol. The van der Waals surface area contributed by atoms with Gasteiger partial charge >= 0.3 is 5.97 Å². The molecule has 36 heavy (non-hydrogen) atoms. The highest BCUT2D eigenvalue weighted by atomic mass is 16.5. The normalized spacial score (nSPS) is 25.3. The molecule has 0 N–H and O–H groups in total. The Morgan fingerprint density at radius 2 is 1.61 bits per heavy atom. The molecule has 2 saturated heterocycles. The minimum absolute atomic E-state index is 0.0155. The summed E-state index contributed by atoms with van der Waals surface area (Å²) in [5.74, 6) is -1.25. The summed E-state index contributed by atoms with van der Waals surface area (Å²) < 4.78 is 11.0. The molecule has 0 radical (unpaired) electrons. The summed E-state index contributed by atoms with van der Waals surface area (Å²) in [6.45, 7) is 4.64. The molecule has 5 rings (SSSR count). The lowest BCUT2D eigenvalue weighted by molar-refractivity contribution is -0.139. The predicted octanol–water partition coefficient (Wildman–Crippen LogP) is 3.75. The van der Waals surface area contributed by atoms with Crippen LogP contribution in [0, 0.1) is 23.7 Å². The highest BCUT2D eigenvalue weighted by Crippen LogP contribution is 2.40. The van der Waals surface area contributed by atoms with E-state index in [4.69, 9.17) is 9.47 Å². The molecule has 3 aliphatic rings. The van der Waals surface area contributed by atoms with Crippen LogP contribution in [0.25, 0.3) is 0 Å². The number of carbonyl (C=O) groups excluding carboxylic acids is 4. The van der Waals surface area contributed by atoms with Gasteiger partial charge in [-0.1, -0.05) is 19.1 Å². The number of rotatable bonds is 6. The Labute approximate surface area is 209 Å². The van der Waals surface area contributed by atoms with E-state index in [1.165, 1.54) is 4.90 Å². The molecule has 0 spiro atoms. The minimum atomic E-state index is -0.595. The van der Waals surface area contributed by atoms with Crippen LogP contribution in [0.1, 0.15) is 26.7 Å². The zero-order valence-corrected chi connectivity index (χ0v) is 20.3. The van der Waals surface area contributed by atoms with Crippen LogP contribution in [0.5, 0.6) is 11.5 Å². The number of hydrogen-bond donors (Lipinski definition) is 0. The van der Waals surface area contributed by atoms with Crippen LogP contribution in [0.3, 0.4) is 0 Å². The second-order valence-corrected chi connectivity index (χ2v) is 9.41. The first-order valence-corrected chi connectivity index (χ1v) is 12.3. The molecule has 2 aromatic carbocycles. The highest BCUT2D eigenvalue weighted by molar-refractivity contribution is 6.22. The Kier molecular flexibility index (Phi) is 6.35. The third-order valence-corrected chi connectivity index (χ3v) is 7.10. The van der Waals surface area contributed by atoms with Crippen molar-refractivity contribution in [1.82, 2.24) is 0 Å². The van der Waals surface area contributed by atoms with Gasteiger partial charge in [0.1, 0.15) is 11.5 Å². The topological polar surface area (TPSA) is 93.2 Å². The molecule has 8 heteroatoms. The maximum absolute atomic E-state index is 13.0. The van der Waals surface area contributed by atoms with Crippen molar-refractivity contribution >= 4 is 35.1 Å². The minimum Gasteiger partial charge on any atom is -0.494 e. The fourth-order valence-electron chi connectivity index (χ4n) is 5.27. The van der Waals surface area contributed by atoms with E-state index < -0.39 is 11.9 Å². The maximum atomic E-state index is 13.0. The second kappa shape index (κ2) is 9.60. The number of amides is 3. The van der Waals surface area contributed by atoms with Gasteiger partial charge in [0.25, 0.3) is 0 Å². The van der Waals surface area contributed by atoms with Crippen molar-refractivity contribution in [2.45, 2.75) is 26.7 Å². The molecule has 2 fully saturated rings. The molecule has 2 aliphatic heterocycles. The van der Waals surface area contributed by atoms with E-state index >= 15 is 0 Å². The van der Waals surface area contributed by atoms with Crippen molar-refractivity contribution < 1.29 is 28.7 Å². The van der Waals surface area contributed by atoms with Crippen LogP contribution in [0.15, 0.2) is 60.7 Å². The lowest BCUT2D eigenvalue weighted by Crippen LogP contribution is -2.31. The van der Waals surface area contributed by atoms with Crippen molar-refractivity contribution in [3.63, 3.8) is 0 Å². The van der Waals surface area contributed by atoms with E-state index in [1.807, 2.05) is 26.0 Å². The van der Waals surface area contributed by atoms with Gasteiger partial charge in [-0.2, -0.15) is 0 Å². The van der Waals surface area contributed by atoms with Crippen LogP contribution in [0.2, 0.25) is 0 Å². The van der Waals surface area contributed by atoms with Gasteiger partial charge in [0.05, 0.1) is 30.0 Å². The fraction of sp³-hybridized carbons (Fsp3) is 0.357. The van der Waals surface area contributed by atoms with Crippen molar-refractivity contribution in [2.24, 2.45) is 23.7 Å². The maximum Gasteiger partial charge on any atom is 0.316 e. The molecule has 2 aromatic rings. The van der Waals surface area contributed by atoms with Crippen LogP contribution in [0.4, 0.5) is 11.4 Å². The highest BCUT2D eigenvalue weighted by Gasteiger charge is 2.50. The zero-order chi connectivity index (χ0) is 25.4. The lowest BCUT2D eigenvalue weighted by Gasteiger charge is -2.22. The molecule has 0 saturated carbocycles. The van der Waals surface area contributed by atoms with Gasteiger partial charge < -0.3 is 14.4 Å². The molecular weight excluding hydrogens is 460 g/mol. The van der Waals surface area contributed by atoms with Gasteiger partial charge in [0, 0.05) is 18.7 Å². The molecule has 2 heterocycles. The Bertz CT molecular complexity index is 1220. The van der Waals surface area contributed by atoms with Gasteiger partial charge in [-0.3, -0.25) is 24.1 Å². The summed E-state index contributed by atoms with van der Waals surface area (Å²) in [6.07, 6.45) is 4.59. The summed E-state index contributed by atoms with van der Waals surface area (Å²) in [7, 11) is 0. The van der Waals surface area contributed by atoms with E-state index in [0.717, 1.165) is 5.75 Å². The molecule has 186 valence electrons. The molecule has 8 nitrogen and oxygen atoms in total. The number of anilines is 2. The number of ether oxygens (including phenoxy) is 2. The van der Waals surface area contributed by atoms with Crippen LogP contribution < -0.4 is 19.3 Å². The monoisotopic (exact) mass is 488 g/mol. The van der Waals surface area contributed by atoms with Crippen LogP contribution in [-0.2, 0) is 19.2 Å². The van der Waals surface area contributed by atoms with E-state index in [9.17, 15) is 19.2 Å². The number of esters is 1. The van der Waals surface area contributed by atoms with Crippen LogP contribution >= 0.6 is 0 Å². The number of hydrogen-bond acceptors (Lipinski definition) is 6. The van der Waals surface area contributed by atoms with E-state index in [1.54, 1.807) is 53.4 Å². The molecule has 0 aromatic heterocycles. The Morgan fingerprint density at radius 3 is 2.28 bits per heavy atom. The Balaban J connectivity index is 1.22. The van der Waals surface area contributed by atoms with E-state index in [0.29, 0.717) is 30.2 Å². The van der Waals surface area contributed by atoms with Crippen molar-refractivity contribution in [2.75, 3.05) is 23.0 Å². The summed E-state index contributed by atoms with van der Waals surface area (Å²) in [5.41, 5.74) is 1.16. The smallest absolute Gasteiger partial charge is 0.316 e. The number of carbonyl (C=O) groups is 4. The first-order valence-electron chi connectivity index (χ1n) is 12.3. The predicted molar refractivity (Wildman–Crippen MR) is 133 cm³/mol. The molecular formula is C28H28N2O6.